The van der Waals surface area contributed by atoms with E-state index in [1.54, 1.807) is 0 Å². The molecule has 0 aliphatic carbocycles. The lowest BCUT2D eigenvalue weighted by atomic mass is 9.99. The Hall–Kier alpha value is -3.26. The predicted octanol–water partition coefficient (Wildman–Crippen LogP) is 3.64. The van der Waals surface area contributed by atoms with Crippen molar-refractivity contribution in [3.63, 3.8) is 0 Å². The molecule has 0 aliphatic heterocycles. The van der Waals surface area contributed by atoms with E-state index >= 15 is 0 Å². The Balaban J connectivity index is 1.92. The van der Waals surface area contributed by atoms with Gasteiger partial charge >= 0.3 is 0 Å². The van der Waals surface area contributed by atoms with E-state index in [-0.39, 0.29) is 11.6 Å². The zero-order valence-electron chi connectivity index (χ0n) is 15.2. The fraction of sp³-hybridized carbons (Fsp3) is 0.150. The number of hydrogen-bond donors (Lipinski definition) is 1. The Morgan fingerprint density at radius 1 is 1.07 bits per heavy atom. The number of hydrogen-bond acceptors (Lipinski definition) is 5. The minimum Gasteiger partial charge on any atom is -0.345 e. The molecule has 3 rings (SSSR count). The van der Waals surface area contributed by atoms with Crippen molar-refractivity contribution in [3.05, 3.63) is 81.9 Å². The summed E-state index contributed by atoms with van der Waals surface area (Å²) in [7, 11) is -3.78. The van der Waals surface area contributed by atoms with Crippen LogP contribution in [0.15, 0.2) is 65.6 Å². The van der Waals surface area contributed by atoms with Crippen molar-refractivity contribution in [3.8, 4) is 0 Å². The van der Waals surface area contributed by atoms with Crippen LogP contribution in [0.3, 0.4) is 0 Å². The first-order valence-electron chi connectivity index (χ1n) is 8.45. The van der Waals surface area contributed by atoms with Crippen molar-refractivity contribution in [1.29, 1.82) is 0 Å². The lowest BCUT2D eigenvalue weighted by molar-refractivity contribution is -0.387. The largest absolute Gasteiger partial charge is 0.345 e. The number of rotatable bonds is 5. The van der Waals surface area contributed by atoms with Crippen LogP contribution in [0, 0.1) is 10.1 Å². The molecule has 1 N–H and O–H groups in total. The molecule has 0 radical (unpaired) electrons. The summed E-state index contributed by atoms with van der Waals surface area (Å²) in [5, 5.41) is 16.1. The monoisotopic (exact) mass is 398 g/mol. The molecule has 1 atom stereocenters. The lowest BCUT2D eigenvalue weighted by Gasteiger charge is -2.17. The Morgan fingerprint density at radius 2 is 1.75 bits per heavy atom. The number of amides is 1. The van der Waals surface area contributed by atoms with E-state index < -0.39 is 31.3 Å². The third-order valence-corrected chi connectivity index (χ3v) is 5.60. The fourth-order valence-corrected chi connectivity index (χ4v) is 3.93. The van der Waals surface area contributed by atoms with Gasteiger partial charge in [-0.15, -0.1) is 0 Å². The van der Waals surface area contributed by atoms with Crippen LogP contribution < -0.4 is 5.32 Å². The first-order valence-corrected chi connectivity index (χ1v) is 10.3. The van der Waals surface area contributed by atoms with Crippen LogP contribution in [-0.4, -0.2) is 25.5 Å². The van der Waals surface area contributed by atoms with Gasteiger partial charge in [-0.3, -0.25) is 14.9 Å². The van der Waals surface area contributed by atoms with Crippen LogP contribution in [0.25, 0.3) is 10.8 Å². The minimum absolute atomic E-state index is 0.0196. The molecular formula is C20H18N2O5S. The van der Waals surface area contributed by atoms with E-state index in [9.17, 15) is 23.3 Å². The zero-order valence-corrected chi connectivity index (χ0v) is 16.1. The van der Waals surface area contributed by atoms with Crippen molar-refractivity contribution in [1.82, 2.24) is 5.32 Å². The van der Waals surface area contributed by atoms with Crippen molar-refractivity contribution < 1.29 is 18.1 Å². The number of nitro groups is 1. The van der Waals surface area contributed by atoms with E-state index in [2.05, 4.69) is 5.32 Å². The van der Waals surface area contributed by atoms with Gasteiger partial charge in [0, 0.05) is 17.9 Å². The summed E-state index contributed by atoms with van der Waals surface area (Å²) in [6, 6.07) is 16.5. The molecule has 3 aromatic carbocycles. The highest BCUT2D eigenvalue weighted by molar-refractivity contribution is 7.90. The molecule has 0 spiro atoms. The molecule has 3 aromatic rings. The van der Waals surface area contributed by atoms with Gasteiger partial charge in [-0.25, -0.2) is 8.42 Å². The third kappa shape index (κ3) is 3.86. The van der Waals surface area contributed by atoms with E-state index in [0.29, 0.717) is 0 Å². The number of nitro benzene ring substituents is 1. The van der Waals surface area contributed by atoms with Crippen molar-refractivity contribution in [2.75, 3.05) is 6.26 Å². The number of sulfone groups is 1. The van der Waals surface area contributed by atoms with Gasteiger partial charge in [-0.05, 0) is 35.4 Å². The first kappa shape index (κ1) is 19.5. The summed E-state index contributed by atoms with van der Waals surface area (Å²) >= 11 is 0. The SMILES string of the molecule is CC(NC(=O)c1ccc(S(C)(=O)=O)c([N+](=O)[O-])c1)c1cccc2ccccc12. The smallest absolute Gasteiger partial charge is 0.288 e. The van der Waals surface area contributed by atoms with Crippen LogP contribution in [0.2, 0.25) is 0 Å². The summed E-state index contributed by atoms with van der Waals surface area (Å²) in [5.41, 5.74) is 0.313. The number of fused-ring (bicyclic) bond motifs is 1. The standard InChI is InChI=1S/C20H18N2O5S/c1-13(16-9-5-7-14-6-3-4-8-17(14)16)21-20(23)15-10-11-19(28(2,26)27)18(12-15)22(24)25/h3-13H,1-2H3,(H,21,23). The van der Waals surface area contributed by atoms with Crippen molar-refractivity contribution in [2.24, 2.45) is 0 Å². The maximum absolute atomic E-state index is 12.6. The fourth-order valence-electron chi connectivity index (χ4n) is 3.10. The Kier molecular flexibility index (Phi) is 5.15. The molecule has 0 saturated carbocycles. The van der Waals surface area contributed by atoms with Gasteiger partial charge in [0.05, 0.1) is 11.0 Å². The van der Waals surface area contributed by atoms with Gasteiger partial charge < -0.3 is 5.32 Å². The first-order chi connectivity index (χ1) is 13.2. The lowest BCUT2D eigenvalue weighted by Crippen LogP contribution is -2.27. The van der Waals surface area contributed by atoms with E-state index in [1.807, 2.05) is 49.4 Å². The summed E-state index contributed by atoms with van der Waals surface area (Å²) in [6.07, 6.45) is 0.887. The molecule has 144 valence electrons. The third-order valence-electron chi connectivity index (χ3n) is 4.45. The highest BCUT2D eigenvalue weighted by Crippen LogP contribution is 2.27. The van der Waals surface area contributed by atoms with Crippen LogP contribution in [0.1, 0.15) is 28.9 Å². The molecule has 7 nitrogen and oxygen atoms in total. The number of nitrogens with one attached hydrogen (secondary N) is 1. The Labute approximate surface area is 162 Å². The van der Waals surface area contributed by atoms with Crippen LogP contribution >= 0.6 is 0 Å². The molecule has 0 fully saturated rings. The molecular weight excluding hydrogens is 380 g/mol. The Morgan fingerprint density at radius 3 is 2.43 bits per heavy atom. The Bertz CT molecular complexity index is 1180. The second-order valence-corrected chi connectivity index (χ2v) is 8.46. The highest BCUT2D eigenvalue weighted by Gasteiger charge is 2.24. The predicted molar refractivity (Wildman–Crippen MR) is 106 cm³/mol. The molecule has 28 heavy (non-hydrogen) atoms. The van der Waals surface area contributed by atoms with Crippen LogP contribution in [0.5, 0.6) is 0 Å². The van der Waals surface area contributed by atoms with Gasteiger partial charge in [0.15, 0.2) is 9.84 Å². The molecule has 1 unspecified atom stereocenters. The van der Waals surface area contributed by atoms with Gasteiger partial charge in [0.1, 0.15) is 4.90 Å². The maximum atomic E-state index is 12.6. The summed E-state index contributed by atoms with van der Waals surface area (Å²) in [4.78, 5) is 22.6. The van der Waals surface area contributed by atoms with Crippen LogP contribution in [0.4, 0.5) is 5.69 Å². The normalized spacial score (nSPS) is 12.5. The van der Waals surface area contributed by atoms with Gasteiger partial charge in [0.2, 0.25) is 0 Å². The number of carbonyl (C=O) groups is 1. The minimum atomic E-state index is -3.78. The van der Waals surface area contributed by atoms with Gasteiger partial charge in [-0.1, -0.05) is 42.5 Å². The zero-order chi connectivity index (χ0) is 20.5. The molecule has 8 heteroatoms. The van der Waals surface area contributed by atoms with Gasteiger partial charge in [0.25, 0.3) is 11.6 Å². The molecule has 0 aromatic heterocycles. The molecule has 0 aliphatic rings. The van der Waals surface area contributed by atoms with Crippen molar-refractivity contribution >= 4 is 32.2 Å². The van der Waals surface area contributed by atoms with E-state index in [0.717, 1.165) is 34.7 Å². The van der Waals surface area contributed by atoms with E-state index in [1.165, 1.54) is 6.07 Å². The van der Waals surface area contributed by atoms with Crippen LogP contribution in [-0.2, 0) is 9.84 Å². The summed E-state index contributed by atoms with van der Waals surface area (Å²) < 4.78 is 23.4. The molecule has 0 saturated heterocycles. The molecule has 1 amide bonds. The highest BCUT2D eigenvalue weighted by atomic mass is 32.2. The van der Waals surface area contributed by atoms with Crippen molar-refractivity contribution in [2.45, 2.75) is 17.9 Å². The maximum Gasteiger partial charge on any atom is 0.288 e. The number of nitrogens with zero attached hydrogens (tertiary/aromatic N) is 1. The summed E-state index contributed by atoms with van der Waals surface area (Å²) in [6.45, 7) is 1.82. The van der Waals surface area contributed by atoms with Gasteiger partial charge in [-0.2, -0.15) is 0 Å². The number of benzene rings is 3. The van der Waals surface area contributed by atoms with E-state index in [4.69, 9.17) is 0 Å². The number of carbonyl (C=O) groups excluding carboxylic acids is 1. The second-order valence-electron chi connectivity index (χ2n) is 6.48. The second kappa shape index (κ2) is 7.40. The molecule has 0 heterocycles. The topological polar surface area (TPSA) is 106 Å². The quantitative estimate of drug-likeness (QED) is 0.522. The average Bonchev–Trinajstić information content (AvgIpc) is 2.66. The average molecular weight is 398 g/mol. The molecule has 0 bridgehead atoms. The summed E-state index contributed by atoms with van der Waals surface area (Å²) in [5.74, 6) is -0.524.